The van der Waals surface area contributed by atoms with Crippen molar-refractivity contribution >= 4 is 17.7 Å². The van der Waals surface area contributed by atoms with Crippen LogP contribution in [0.15, 0.2) is 36.5 Å². The zero-order chi connectivity index (χ0) is 20.5. The van der Waals surface area contributed by atoms with Gasteiger partial charge in [-0.05, 0) is 49.2 Å². The number of carboxylic acid groups (broad SMARTS) is 1. The molecule has 1 atom stereocenters. The van der Waals surface area contributed by atoms with E-state index < -0.39 is 18.8 Å². The van der Waals surface area contributed by atoms with Crippen molar-refractivity contribution < 1.29 is 27.8 Å². The van der Waals surface area contributed by atoms with Gasteiger partial charge in [0.2, 0.25) is 5.88 Å². The van der Waals surface area contributed by atoms with Crippen molar-refractivity contribution in [2.24, 2.45) is 0 Å². The fraction of sp³-hybridized carbons (Fsp3) is 0.300. The maximum atomic E-state index is 12.3. The molecule has 8 heteroatoms. The molecule has 0 aliphatic carbocycles. The number of pyridine rings is 1. The third kappa shape index (κ3) is 4.27. The fourth-order valence-electron chi connectivity index (χ4n) is 3.13. The van der Waals surface area contributed by atoms with Crippen LogP contribution in [0.3, 0.4) is 0 Å². The number of rotatable bonds is 5. The molecular weight excluding hydrogens is 373 g/mol. The van der Waals surface area contributed by atoms with Crippen molar-refractivity contribution in [2.45, 2.75) is 26.1 Å². The number of ether oxygens (including phenoxy) is 1. The Kier molecular flexibility index (Phi) is 5.31. The molecule has 1 aromatic heterocycles. The Hall–Kier alpha value is -3.03. The maximum absolute atomic E-state index is 12.3. The molecule has 0 saturated heterocycles. The van der Waals surface area contributed by atoms with Crippen LogP contribution in [-0.2, 0) is 0 Å². The first-order valence-electron chi connectivity index (χ1n) is 8.62. The Balaban J connectivity index is 1.83. The number of carbonyl (C=O) groups is 1. The van der Waals surface area contributed by atoms with Crippen LogP contribution in [0.25, 0.3) is 6.08 Å². The SMILES string of the molecule is Cc1cc(C(C)N2CC=Cc3cc(C(=O)O)ccc32)cnc1OCC(F)(F)F. The number of hydrogen-bond donors (Lipinski definition) is 1. The Morgan fingerprint density at radius 3 is 2.75 bits per heavy atom. The number of anilines is 1. The number of nitrogens with zero attached hydrogens (tertiary/aromatic N) is 2. The molecule has 28 heavy (non-hydrogen) atoms. The quantitative estimate of drug-likeness (QED) is 0.804. The smallest absolute Gasteiger partial charge is 0.422 e. The summed E-state index contributed by atoms with van der Waals surface area (Å²) in [6.07, 6.45) is 0.903. The summed E-state index contributed by atoms with van der Waals surface area (Å²) in [5.74, 6) is -1.03. The molecule has 0 bridgehead atoms. The molecule has 5 nitrogen and oxygen atoms in total. The van der Waals surface area contributed by atoms with Crippen LogP contribution in [0.5, 0.6) is 5.88 Å². The highest BCUT2D eigenvalue weighted by Crippen LogP contribution is 2.34. The van der Waals surface area contributed by atoms with Crippen molar-refractivity contribution in [1.29, 1.82) is 0 Å². The summed E-state index contributed by atoms with van der Waals surface area (Å²) in [5.41, 5.74) is 3.23. The molecule has 148 valence electrons. The van der Waals surface area contributed by atoms with E-state index in [1.54, 1.807) is 31.2 Å². The number of aromatic nitrogens is 1. The summed E-state index contributed by atoms with van der Waals surface area (Å²) in [4.78, 5) is 17.3. The van der Waals surface area contributed by atoms with E-state index in [1.807, 2.05) is 19.1 Å². The number of benzene rings is 1. The molecule has 1 N–H and O–H groups in total. The van der Waals surface area contributed by atoms with Gasteiger partial charge in [0.1, 0.15) is 0 Å². The molecular formula is C20H19F3N2O3. The highest BCUT2D eigenvalue weighted by atomic mass is 19.4. The van der Waals surface area contributed by atoms with E-state index >= 15 is 0 Å². The van der Waals surface area contributed by atoms with Gasteiger partial charge in [-0.1, -0.05) is 12.2 Å². The molecule has 2 heterocycles. The van der Waals surface area contributed by atoms with E-state index in [0.29, 0.717) is 12.1 Å². The summed E-state index contributed by atoms with van der Waals surface area (Å²) in [7, 11) is 0. The van der Waals surface area contributed by atoms with Crippen LogP contribution < -0.4 is 9.64 Å². The largest absolute Gasteiger partial charge is 0.478 e. The maximum Gasteiger partial charge on any atom is 0.422 e. The third-order valence-corrected chi connectivity index (χ3v) is 4.56. The number of halogens is 3. The second-order valence-electron chi connectivity index (χ2n) is 6.60. The Bertz CT molecular complexity index is 925. The minimum absolute atomic E-state index is 0.0432. The van der Waals surface area contributed by atoms with Gasteiger partial charge in [0, 0.05) is 24.0 Å². The average Bonchev–Trinajstić information content (AvgIpc) is 2.64. The van der Waals surface area contributed by atoms with E-state index in [4.69, 9.17) is 9.84 Å². The highest BCUT2D eigenvalue weighted by Gasteiger charge is 2.29. The summed E-state index contributed by atoms with van der Waals surface area (Å²) in [6, 6.07) is 6.57. The molecule has 0 fully saturated rings. The van der Waals surface area contributed by atoms with E-state index in [-0.39, 0.29) is 17.5 Å². The molecule has 0 spiro atoms. The van der Waals surface area contributed by atoms with Crippen molar-refractivity contribution in [3.63, 3.8) is 0 Å². The molecule has 2 aromatic rings. The minimum atomic E-state index is -4.42. The van der Waals surface area contributed by atoms with E-state index in [9.17, 15) is 18.0 Å². The molecule has 3 rings (SSSR count). The predicted octanol–water partition coefficient (Wildman–Crippen LogP) is 4.62. The molecule has 0 radical (unpaired) electrons. The predicted molar refractivity (Wildman–Crippen MR) is 98.7 cm³/mol. The molecule has 1 aliphatic heterocycles. The van der Waals surface area contributed by atoms with Gasteiger partial charge in [-0.15, -0.1) is 0 Å². The van der Waals surface area contributed by atoms with Crippen LogP contribution in [0.1, 0.15) is 40.0 Å². The Labute approximate surface area is 160 Å². The van der Waals surface area contributed by atoms with E-state index in [0.717, 1.165) is 16.8 Å². The van der Waals surface area contributed by atoms with Crippen LogP contribution in [0, 0.1) is 6.92 Å². The third-order valence-electron chi connectivity index (χ3n) is 4.56. The number of carboxylic acids is 1. The zero-order valence-corrected chi connectivity index (χ0v) is 15.3. The second-order valence-corrected chi connectivity index (χ2v) is 6.60. The lowest BCUT2D eigenvalue weighted by Gasteiger charge is -2.34. The summed E-state index contributed by atoms with van der Waals surface area (Å²) in [6.45, 7) is 2.84. The average molecular weight is 392 g/mol. The molecule has 0 amide bonds. The lowest BCUT2D eigenvalue weighted by molar-refractivity contribution is -0.154. The number of aromatic carboxylic acids is 1. The Morgan fingerprint density at radius 1 is 1.36 bits per heavy atom. The highest BCUT2D eigenvalue weighted by molar-refractivity contribution is 5.90. The molecule has 1 aromatic carbocycles. The standard InChI is InChI=1S/C20H19F3N2O3/c1-12-8-16(10-24-18(12)28-11-20(21,22)23)13(2)25-7-3-4-14-9-15(19(26)27)5-6-17(14)25/h3-6,8-10,13H,7,11H2,1-2H3,(H,26,27). The lowest BCUT2D eigenvalue weighted by atomic mass is 10.00. The summed E-state index contributed by atoms with van der Waals surface area (Å²) in [5, 5.41) is 9.16. The van der Waals surface area contributed by atoms with Crippen molar-refractivity contribution in [3.05, 3.63) is 58.8 Å². The van der Waals surface area contributed by atoms with Gasteiger partial charge in [-0.25, -0.2) is 9.78 Å². The Morgan fingerprint density at radius 2 is 2.11 bits per heavy atom. The van der Waals surface area contributed by atoms with Crippen LogP contribution >= 0.6 is 0 Å². The van der Waals surface area contributed by atoms with Gasteiger partial charge < -0.3 is 14.7 Å². The number of fused-ring (bicyclic) bond motifs is 1. The first-order chi connectivity index (χ1) is 13.2. The van der Waals surface area contributed by atoms with Gasteiger partial charge in [0.05, 0.1) is 11.6 Å². The topological polar surface area (TPSA) is 62.7 Å². The van der Waals surface area contributed by atoms with Gasteiger partial charge in [0.15, 0.2) is 6.61 Å². The van der Waals surface area contributed by atoms with E-state index in [2.05, 4.69) is 9.88 Å². The molecule has 1 aliphatic rings. The van der Waals surface area contributed by atoms with Gasteiger partial charge in [0.25, 0.3) is 0 Å². The normalized spacial score (nSPS) is 14.5. The van der Waals surface area contributed by atoms with Gasteiger partial charge in [-0.2, -0.15) is 13.2 Å². The second kappa shape index (κ2) is 7.53. The van der Waals surface area contributed by atoms with Crippen LogP contribution in [-0.4, -0.2) is 35.4 Å². The molecule has 0 saturated carbocycles. The fourth-order valence-corrected chi connectivity index (χ4v) is 3.13. The van der Waals surface area contributed by atoms with Crippen molar-refractivity contribution in [2.75, 3.05) is 18.1 Å². The van der Waals surface area contributed by atoms with Crippen molar-refractivity contribution in [1.82, 2.24) is 4.98 Å². The van der Waals surface area contributed by atoms with Gasteiger partial charge in [-0.3, -0.25) is 0 Å². The first-order valence-corrected chi connectivity index (χ1v) is 8.62. The monoisotopic (exact) mass is 392 g/mol. The molecule has 1 unspecified atom stereocenters. The first kappa shape index (κ1) is 19.7. The number of aryl methyl sites for hydroxylation is 1. The number of alkyl halides is 3. The minimum Gasteiger partial charge on any atom is -0.478 e. The number of hydrogen-bond acceptors (Lipinski definition) is 4. The zero-order valence-electron chi connectivity index (χ0n) is 15.3. The van der Waals surface area contributed by atoms with Crippen LogP contribution in [0.2, 0.25) is 0 Å². The van der Waals surface area contributed by atoms with Crippen molar-refractivity contribution in [3.8, 4) is 5.88 Å². The lowest BCUT2D eigenvalue weighted by Crippen LogP contribution is -2.29. The summed E-state index contributed by atoms with van der Waals surface area (Å²) < 4.78 is 41.8. The van der Waals surface area contributed by atoms with Crippen LogP contribution in [0.4, 0.5) is 18.9 Å². The summed E-state index contributed by atoms with van der Waals surface area (Å²) >= 11 is 0. The van der Waals surface area contributed by atoms with Gasteiger partial charge >= 0.3 is 12.1 Å². The van der Waals surface area contributed by atoms with E-state index in [1.165, 1.54) is 6.20 Å².